The summed E-state index contributed by atoms with van der Waals surface area (Å²) in [5.74, 6) is -0.178. The molecule has 0 aromatic carbocycles. The number of nitrogens with one attached hydrogen (secondary N) is 1. The standard InChI is InChI=1S/C43H81N2O6P/c1-6-8-10-12-14-16-17-18-19-20-21-22-23-24-25-26-27-29-31-33-35-37-43(47)44-41(40-51-52(48,49)50-39-38-45(3,4)5)42(46)36-34-32-30-28-15-13-11-9-7-2/h8,10,14,16,18-19,21-22,41-42,46H,6-7,9,11-13,15,17,20,23-40H2,1-5H3,(H-,44,47,48,49)/b10-8-,16-14-,19-18-,22-21-. The normalized spacial score (nSPS) is 15.0. The van der Waals surface area contributed by atoms with Gasteiger partial charge in [-0.15, -0.1) is 0 Å². The predicted octanol–water partition coefficient (Wildman–Crippen LogP) is 10.7. The number of amides is 1. The Morgan fingerprint density at radius 3 is 1.71 bits per heavy atom. The van der Waals surface area contributed by atoms with Crippen LogP contribution in [-0.2, 0) is 18.4 Å². The number of hydrogen-bond donors (Lipinski definition) is 2. The van der Waals surface area contributed by atoms with E-state index in [-0.39, 0.29) is 19.1 Å². The molecule has 0 spiro atoms. The van der Waals surface area contributed by atoms with Crippen LogP contribution in [0.2, 0.25) is 0 Å². The van der Waals surface area contributed by atoms with E-state index < -0.39 is 20.0 Å². The number of carbonyl (C=O) groups excluding carboxylic acids is 1. The van der Waals surface area contributed by atoms with Crippen molar-refractivity contribution in [2.24, 2.45) is 0 Å². The summed E-state index contributed by atoms with van der Waals surface area (Å²) in [6.07, 6.45) is 42.6. The van der Waals surface area contributed by atoms with Crippen molar-refractivity contribution in [2.75, 3.05) is 40.9 Å². The van der Waals surface area contributed by atoms with Gasteiger partial charge in [0.2, 0.25) is 5.91 Å². The molecule has 0 aromatic heterocycles. The molecule has 0 saturated heterocycles. The molecule has 0 aliphatic rings. The molecule has 2 N–H and O–H groups in total. The van der Waals surface area contributed by atoms with E-state index in [4.69, 9.17) is 9.05 Å². The van der Waals surface area contributed by atoms with Gasteiger partial charge in [-0.2, -0.15) is 0 Å². The van der Waals surface area contributed by atoms with Gasteiger partial charge in [-0.1, -0.05) is 159 Å². The van der Waals surface area contributed by atoms with Gasteiger partial charge in [-0.3, -0.25) is 9.36 Å². The molecule has 0 aliphatic carbocycles. The summed E-state index contributed by atoms with van der Waals surface area (Å²) < 4.78 is 23.2. The monoisotopic (exact) mass is 753 g/mol. The number of phosphoric acid groups is 1. The largest absolute Gasteiger partial charge is 0.756 e. The summed E-state index contributed by atoms with van der Waals surface area (Å²) >= 11 is 0. The minimum absolute atomic E-state index is 0.00827. The molecule has 0 radical (unpaired) electrons. The number of carbonyl (C=O) groups is 1. The van der Waals surface area contributed by atoms with E-state index in [9.17, 15) is 19.4 Å². The maximum absolute atomic E-state index is 12.8. The molecule has 8 nitrogen and oxygen atoms in total. The number of nitrogens with zero attached hydrogens (tertiary/aromatic N) is 1. The lowest BCUT2D eigenvalue weighted by atomic mass is 10.0. The summed E-state index contributed by atoms with van der Waals surface area (Å²) in [6.45, 7) is 4.55. The maximum Gasteiger partial charge on any atom is 0.268 e. The van der Waals surface area contributed by atoms with Gasteiger partial charge >= 0.3 is 0 Å². The van der Waals surface area contributed by atoms with Gasteiger partial charge in [-0.25, -0.2) is 0 Å². The van der Waals surface area contributed by atoms with E-state index in [1.807, 2.05) is 21.1 Å². The van der Waals surface area contributed by atoms with Gasteiger partial charge in [0.25, 0.3) is 7.82 Å². The van der Waals surface area contributed by atoms with Crippen LogP contribution in [0.15, 0.2) is 48.6 Å². The van der Waals surface area contributed by atoms with Gasteiger partial charge < -0.3 is 28.8 Å². The Hall–Kier alpha value is -1.54. The van der Waals surface area contributed by atoms with Gasteiger partial charge in [-0.05, 0) is 51.4 Å². The van der Waals surface area contributed by atoms with Gasteiger partial charge in [0.05, 0.1) is 39.9 Å². The molecule has 0 aromatic rings. The average molecular weight is 753 g/mol. The SMILES string of the molecule is CC/C=C\C/C=C\C/C=C\C/C=C\CCCCCCCCCCC(=O)NC(COP(=O)([O-])OCC[N+](C)(C)C)C(O)CCCCCCCCCCC. The second kappa shape index (κ2) is 35.2. The van der Waals surface area contributed by atoms with Crippen LogP contribution in [-0.4, -0.2) is 68.5 Å². The van der Waals surface area contributed by atoms with Crippen LogP contribution in [0.1, 0.15) is 168 Å². The molecule has 9 heteroatoms. The Bertz CT molecular complexity index is 991. The molecule has 0 heterocycles. The number of likely N-dealkylation sites (N-methyl/N-ethyl adjacent to an activating group) is 1. The number of hydrogen-bond acceptors (Lipinski definition) is 6. The highest BCUT2D eigenvalue weighted by Crippen LogP contribution is 2.38. The number of unbranched alkanes of at least 4 members (excludes halogenated alkanes) is 16. The van der Waals surface area contributed by atoms with E-state index in [2.05, 4.69) is 67.8 Å². The zero-order chi connectivity index (χ0) is 38.6. The predicted molar refractivity (Wildman–Crippen MR) is 219 cm³/mol. The van der Waals surface area contributed by atoms with Crippen molar-refractivity contribution in [2.45, 2.75) is 180 Å². The topological polar surface area (TPSA) is 108 Å². The number of allylic oxidation sites excluding steroid dienone is 8. The second-order valence-corrected chi connectivity index (χ2v) is 16.7. The molecule has 0 fully saturated rings. The highest BCUT2D eigenvalue weighted by atomic mass is 31.2. The lowest BCUT2D eigenvalue weighted by Crippen LogP contribution is -2.46. The number of aliphatic hydroxyl groups is 1. The van der Waals surface area contributed by atoms with Crippen LogP contribution < -0.4 is 10.2 Å². The summed E-state index contributed by atoms with van der Waals surface area (Å²) in [7, 11) is 1.29. The van der Waals surface area contributed by atoms with Crippen LogP contribution in [0.25, 0.3) is 0 Å². The Morgan fingerprint density at radius 2 is 1.17 bits per heavy atom. The zero-order valence-electron chi connectivity index (χ0n) is 34.2. The van der Waals surface area contributed by atoms with Crippen LogP contribution in [0.4, 0.5) is 0 Å². The summed E-state index contributed by atoms with van der Waals surface area (Å²) in [5.41, 5.74) is 0. The van der Waals surface area contributed by atoms with Crippen molar-refractivity contribution in [3.63, 3.8) is 0 Å². The number of aliphatic hydroxyl groups excluding tert-OH is 1. The highest BCUT2D eigenvalue weighted by Gasteiger charge is 2.24. The Kier molecular flexibility index (Phi) is 34.1. The second-order valence-electron chi connectivity index (χ2n) is 15.3. The Morgan fingerprint density at radius 1 is 0.692 bits per heavy atom. The summed E-state index contributed by atoms with van der Waals surface area (Å²) in [5, 5.41) is 13.8. The molecule has 0 aliphatic heterocycles. The fourth-order valence-electron chi connectivity index (χ4n) is 5.73. The first-order chi connectivity index (χ1) is 25.0. The number of quaternary nitrogens is 1. The Balaban J connectivity index is 4.30. The minimum Gasteiger partial charge on any atom is -0.756 e. The molecule has 3 atom stereocenters. The molecular weight excluding hydrogens is 671 g/mol. The smallest absolute Gasteiger partial charge is 0.268 e. The van der Waals surface area contributed by atoms with Gasteiger partial charge in [0, 0.05) is 6.42 Å². The molecule has 0 saturated carbocycles. The lowest BCUT2D eigenvalue weighted by Gasteiger charge is -2.30. The number of phosphoric ester groups is 1. The number of rotatable bonds is 37. The van der Waals surface area contributed by atoms with Crippen molar-refractivity contribution in [3.05, 3.63) is 48.6 Å². The van der Waals surface area contributed by atoms with Crippen molar-refractivity contribution < 1.29 is 32.9 Å². The van der Waals surface area contributed by atoms with Crippen LogP contribution in [0, 0.1) is 0 Å². The summed E-state index contributed by atoms with van der Waals surface area (Å²) in [4.78, 5) is 25.2. The first kappa shape index (κ1) is 50.5. The minimum atomic E-state index is -4.56. The van der Waals surface area contributed by atoms with E-state index in [0.29, 0.717) is 23.9 Å². The van der Waals surface area contributed by atoms with Gasteiger partial charge in [0.15, 0.2) is 0 Å². The first-order valence-corrected chi connectivity index (χ1v) is 22.4. The average Bonchev–Trinajstić information content (AvgIpc) is 3.09. The first-order valence-electron chi connectivity index (χ1n) is 21.0. The van der Waals surface area contributed by atoms with Crippen LogP contribution in [0.5, 0.6) is 0 Å². The maximum atomic E-state index is 12.8. The van der Waals surface area contributed by atoms with Crippen molar-refractivity contribution in [1.82, 2.24) is 5.32 Å². The molecule has 0 rings (SSSR count). The molecule has 52 heavy (non-hydrogen) atoms. The third kappa shape index (κ3) is 36.8. The van der Waals surface area contributed by atoms with Crippen molar-refractivity contribution in [1.29, 1.82) is 0 Å². The van der Waals surface area contributed by atoms with Gasteiger partial charge in [0.1, 0.15) is 13.2 Å². The van der Waals surface area contributed by atoms with Crippen molar-refractivity contribution >= 4 is 13.7 Å². The molecule has 304 valence electrons. The fourth-order valence-corrected chi connectivity index (χ4v) is 6.46. The molecule has 0 bridgehead atoms. The van der Waals surface area contributed by atoms with Crippen LogP contribution >= 0.6 is 7.82 Å². The zero-order valence-corrected chi connectivity index (χ0v) is 35.1. The van der Waals surface area contributed by atoms with E-state index in [1.165, 1.54) is 70.6 Å². The lowest BCUT2D eigenvalue weighted by molar-refractivity contribution is -0.870. The third-order valence-corrected chi connectivity index (χ3v) is 10.0. The van der Waals surface area contributed by atoms with E-state index >= 15 is 0 Å². The highest BCUT2D eigenvalue weighted by molar-refractivity contribution is 7.45. The summed E-state index contributed by atoms with van der Waals surface area (Å²) in [6, 6.07) is -0.803. The van der Waals surface area contributed by atoms with Crippen LogP contribution in [0.3, 0.4) is 0 Å². The molecule has 3 unspecified atom stereocenters. The third-order valence-electron chi connectivity index (χ3n) is 9.08. The van der Waals surface area contributed by atoms with Crippen molar-refractivity contribution in [3.8, 4) is 0 Å². The molecule has 1 amide bonds. The van der Waals surface area contributed by atoms with E-state index in [1.54, 1.807) is 0 Å². The quantitative estimate of drug-likeness (QED) is 0.0283. The van der Waals surface area contributed by atoms with E-state index in [0.717, 1.165) is 70.6 Å². The molecular formula is C43H81N2O6P. The Labute approximate surface area is 320 Å². The fraction of sp³-hybridized carbons (Fsp3) is 0.791.